The summed E-state index contributed by atoms with van der Waals surface area (Å²) in [6.45, 7) is 1.88. The van der Waals surface area contributed by atoms with Crippen LogP contribution in [0.25, 0.3) is 27.3 Å². The van der Waals surface area contributed by atoms with Gasteiger partial charge in [0, 0.05) is 12.3 Å². The first-order valence-electron chi connectivity index (χ1n) is 8.82. The highest BCUT2D eigenvalue weighted by atomic mass is 32.2. The molecule has 0 atom stereocenters. The molecule has 0 fully saturated rings. The molecule has 0 aliphatic rings. The van der Waals surface area contributed by atoms with Gasteiger partial charge in [0.2, 0.25) is 5.91 Å². The van der Waals surface area contributed by atoms with Gasteiger partial charge >= 0.3 is 0 Å². The van der Waals surface area contributed by atoms with E-state index in [-0.39, 0.29) is 15.9 Å². The van der Waals surface area contributed by atoms with Crippen molar-refractivity contribution in [2.24, 2.45) is 0 Å². The van der Waals surface area contributed by atoms with Crippen LogP contribution < -0.4 is 10.7 Å². The zero-order chi connectivity index (χ0) is 21.5. The third kappa shape index (κ3) is 4.03. The molecule has 2 aromatic carbocycles. The predicted octanol–water partition coefficient (Wildman–Crippen LogP) is 3.77. The highest BCUT2D eigenvalue weighted by Gasteiger charge is 2.12. The summed E-state index contributed by atoms with van der Waals surface area (Å²) in [5.74, 6) is -0.471. The predicted molar refractivity (Wildman–Crippen MR) is 118 cm³/mol. The Morgan fingerprint density at radius 3 is 2.77 bits per heavy atom. The number of carbonyl (C=O) groups excluding carboxylic acids is 1. The van der Waals surface area contributed by atoms with Crippen LogP contribution in [0.3, 0.4) is 0 Å². The van der Waals surface area contributed by atoms with Crippen LogP contribution in [0, 0.1) is 6.92 Å². The second-order valence-electron chi connectivity index (χ2n) is 6.76. The van der Waals surface area contributed by atoms with Crippen LogP contribution in [0.1, 0.15) is 11.1 Å². The van der Waals surface area contributed by atoms with Gasteiger partial charge in [-0.05, 0) is 43.3 Å². The van der Waals surface area contributed by atoms with Crippen LogP contribution in [0.5, 0.6) is 0 Å². The van der Waals surface area contributed by atoms with Crippen molar-refractivity contribution in [3.05, 3.63) is 70.1 Å². The normalized spacial score (nSPS) is 12.1. The summed E-state index contributed by atoms with van der Waals surface area (Å²) in [6, 6.07) is 9.92. The number of sulfone groups is 1. The van der Waals surface area contributed by atoms with E-state index >= 15 is 0 Å². The maximum Gasteiger partial charge on any atom is 0.250 e. The second kappa shape index (κ2) is 7.51. The Kier molecular flexibility index (Phi) is 5.00. The van der Waals surface area contributed by atoms with E-state index < -0.39 is 15.7 Å². The number of nitrogens with one attached hydrogen (secondary N) is 1. The van der Waals surface area contributed by atoms with E-state index in [1.165, 1.54) is 30.5 Å². The number of hydrogen-bond donors (Lipinski definition) is 1. The SMILES string of the molecule is Cc1ccc2occ(/C=C/C(=O)Nc3nc4ccc(S(C)(=O)=O)cc4s3)c(=O)c2c1. The van der Waals surface area contributed by atoms with Crippen LogP contribution in [0.2, 0.25) is 0 Å². The molecule has 4 aromatic rings. The van der Waals surface area contributed by atoms with Gasteiger partial charge in [-0.25, -0.2) is 13.4 Å². The van der Waals surface area contributed by atoms with Gasteiger partial charge < -0.3 is 4.42 Å². The zero-order valence-corrected chi connectivity index (χ0v) is 17.6. The van der Waals surface area contributed by atoms with Crippen LogP contribution in [0.4, 0.5) is 5.13 Å². The first kappa shape index (κ1) is 20.0. The Hall–Kier alpha value is -3.30. The van der Waals surface area contributed by atoms with Gasteiger partial charge in [-0.2, -0.15) is 0 Å². The molecule has 7 nitrogen and oxygen atoms in total. The molecule has 0 unspecified atom stereocenters. The summed E-state index contributed by atoms with van der Waals surface area (Å²) in [7, 11) is -3.33. The van der Waals surface area contributed by atoms with Crippen molar-refractivity contribution in [3.63, 3.8) is 0 Å². The molecule has 0 aliphatic heterocycles. The van der Waals surface area contributed by atoms with E-state index in [2.05, 4.69) is 10.3 Å². The fourth-order valence-corrected chi connectivity index (χ4v) is 4.51. The molecule has 2 heterocycles. The molecule has 1 amide bonds. The lowest BCUT2D eigenvalue weighted by Gasteiger charge is -2.00. The minimum absolute atomic E-state index is 0.190. The van der Waals surface area contributed by atoms with Gasteiger partial charge in [-0.1, -0.05) is 23.0 Å². The Morgan fingerprint density at radius 2 is 2.00 bits per heavy atom. The topological polar surface area (TPSA) is 106 Å². The highest BCUT2D eigenvalue weighted by Crippen LogP contribution is 2.28. The highest BCUT2D eigenvalue weighted by molar-refractivity contribution is 7.90. The summed E-state index contributed by atoms with van der Waals surface area (Å²) in [5.41, 5.74) is 2.03. The number of hydrogen-bond acceptors (Lipinski definition) is 7. The number of thiazole rings is 1. The standard InChI is InChI=1S/C21H16N2O5S2/c1-12-3-7-17-15(9-12)20(25)13(11-28-17)4-8-19(24)23-21-22-16-6-5-14(30(2,26)27)10-18(16)29-21/h3-11H,1-2H3,(H,22,23,24)/b8-4+. The number of anilines is 1. The van der Waals surface area contributed by atoms with Crippen molar-refractivity contribution in [1.82, 2.24) is 4.98 Å². The van der Waals surface area contributed by atoms with E-state index in [1.807, 2.05) is 13.0 Å². The molecule has 4 rings (SSSR count). The van der Waals surface area contributed by atoms with Crippen molar-refractivity contribution in [1.29, 1.82) is 0 Å². The lowest BCUT2D eigenvalue weighted by atomic mass is 10.1. The molecule has 1 N–H and O–H groups in total. The van der Waals surface area contributed by atoms with E-state index in [4.69, 9.17) is 4.42 Å². The Bertz CT molecular complexity index is 1500. The molecule has 0 saturated carbocycles. The number of fused-ring (bicyclic) bond motifs is 2. The van der Waals surface area contributed by atoms with Crippen molar-refractivity contribution in [2.75, 3.05) is 11.6 Å². The fourth-order valence-electron chi connectivity index (χ4n) is 2.88. The van der Waals surface area contributed by atoms with Gasteiger partial charge in [-0.15, -0.1) is 0 Å². The summed E-state index contributed by atoms with van der Waals surface area (Å²) < 4.78 is 29.5. The van der Waals surface area contributed by atoms with Crippen LogP contribution in [0.15, 0.2) is 62.8 Å². The summed E-state index contributed by atoms with van der Waals surface area (Å²) in [4.78, 5) is 29.3. The minimum atomic E-state index is -3.33. The fraction of sp³-hybridized carbons (Fsp3) is 0.0952. The largest absolute Gasteiger partial charge is 0.463 e. The number of nitrogens with zero attached hydrogens (tertiary/aromatic N) is 1. The first-order valence-corrected chi connectivity index (χ1v) is 11.5. The smallest absolute Gasteiger partial charge is 0.250 e. The number of aryl methyl sites for hydroxylation is 1. The summed E-state index contributed by atoms with van der Waals surface area (Å²) in [6.07, 6.45) is 5.06. The summed E-state index contributed by atoms with van der Waals surface area (Å²) >= 11 is 1.16. The second-order valence-corrected chi connectivity index (χ2v) is 9.81. The maximum atomic E-state index is 12.6. The van der Waals surface area contributed by atoms with Gasteiger partial charge in [0.1, 0.15) is 11.8 Å². The van der Waals surface area contributed by atoms with Gasteiger partial charge in [-0.3, -0.25) is 14.9 Å². The average Bonchev–Trinajstić information content (AvgIpc) is 3.08. The molecule has 30 heavy (non-hydrogen) atoms. The number of benzene rings is 2. The van der Waals surface area contributed by atoms with Crippen LogP contribution in [-0.4, -0.2) is 25.6 Å². The van der Waals surface area contributed by atoms with E-state index in [1.54, 1.807) is 18.2 Å². The van der Waals surface area contributed by atoms with Gasteiger partial charge in [0.05, 0.1) is 26.1 Å². The lowest BCUT2D eigenvalue weighted by Crippen LogP contribution is -2.09. The third-order valence-corrected chi connectivity index (χ3v) is 6.43. The quantitative estimate of drug-likeness (QED) is 0.484. The average molecular weight is 441 g/mol. The molecule has 0 radical (unpaired) electrons. The van der Waals surface area contributed by atoms with Crippen molar-refractivity contribution in [2.45, 2.75) is 11.8 Å². The molecule has 0 aliphatic carbocycles. The number of carbonyl (C=O) groups is 1. The molecule has 0 bridgehead atoms. The van der Waals surface area contributed by atoms with Crippen molar-refractivity contribution < 1.29 is 17.6 Å². The first-order chi connectivity index (χ1) is 14.2. The molecule has 9 heteroatoms. The zero-order valence-electron chi connectivity index (χ0n) is 16.0. The van der Waals surface area contributed by atoms with Crippen LogP contribution >= 0.6 is 11.3 Å². The monoisotopic (exact) mass is 440 g/mol. The Morgan fingerprint density at radius 1 is 1.20 bits per heavy atom. The Labute approximate surface area is 175 Å². The van der Waals surface area contributed by atoms with Gasteiger partial charge in [0.25, 0.3) is 0 Å². The molecule has 0 spiro atoms. The van der Waals surface area contributed by atoms with Crippen LogP contribution in [-0.2, 0) is 14.6 Å². The molecule has 2 aromatic heterocycles. The lowest BCUT2D eigenvalue weighted by molar-refractivity contribution is -0.111. The molecular formula is C21H16N2O5S2. The Balaban J connectivity index is 1.56. The van der Waals surface area contributed by atoms with E-state index in [0.29, 0.717) is 26.3 Å². The van der Waals surface area contributed by atoms with Crippen molar-refractivity contribution in [3.8, 4) is 0 Å². The van der Waals surface area contributed by atoms with E-state index in [9.17, 15) is 18.0 Å². The number of rotatable bonds is 4. The maximum absolute atomic E-state index is 12.6. The minimum Gasteiger partial charge on any atom is -0.463 e. The molecule has 0 saturated heterocycles. The number of amides is 1. The van der Waals surface area contributed by atoms with E-state index in [0.717, 1.165) is 23.2 Å². The summed E-state index contributed by atoms with van der Waals surface area (Å²) in [5, 5.41) is 3.40. The number of aromatic nitrogens is 1. The molecular weight excluding hydrogens is 424 g/mol. The van der Waals surface area contributed by atoms with Crippen molar-refractivity contribution >= 4 is 59.5 Å². The van der Waals surface area contributed by atoms with Gasteiger partial charge in [0.15, 0.2) is 20.4 Å². The third-order valence-electron chi connectivity index (χ3n) is 4.39. The molecule has 152 valence electrons.